The van der Waals surface area contributed by atoms with E-state index < -0.39 is 0 Å². The lowest BCUT2D eigenvalue weighted by atomic mass is 10.1. The Morgan fingerprint density at radius 2 is 1.41 bits per heavy atom. The summed E-state index contributed by atoms with van der Waals surface area (Å²) in [5.74, 6) is 0.595. The molecule has 1 heterocycles. The Balaban J connectivity index is 1.53. The fourth-order valence-corrected chi connectivity index (χ4v) is 3.46. The molecule has 0 radical (unpaired) electrons. The van der Waals surface area contributed by atoms with Gasteiger partial charge in [-0.1, -0.05) is 38.5 Å². The zero-order valence-corrected chi connectivity index (χ0v) is 13.2. The zero-order chi connectivity index (χ0) is 15.2. The van der Waals surface area contributed by atoms with Crippen LogP contribution in [0.5, 0.6) is 0 Å². The molecule has 2 fully saturated rings. The quantitative estimate of drug-likeness (QED) is 0.838. The number of carbonyl (C=O) groups is 1. The van der Waals surface area contributed by atoms with Crippen molar-refractivity contribution in [3.8, 4) is 0 Å². The lowest BCUT2D eigenvalue weighted by molar-refractivity contribution is 0.0937. The van der Waals surface area contributed by atoms with Gasteiger partial charge in [0.05, 0.1) is 5.56 Å². The first-order valence-electron chi connectivity index (χ1n) is 8.71. The highest BCUT2D eigenvalue weighted by Gasteiger charge is 2.18. The summed E-state index contributed by atoms with van der Waals surface area (Å²) in [6.45, 7) is 0. The van der Waals surface area contributed by atoms with Crippen LogP contribution in [0, 0.1) is 0 Å². The van der Waals surface area contributed by atoms with Crippen molar-refractivity contribution >= 4 is 11.9 Å². The standard InChI is InChI=1S/C17H26N4O/c22-16(20-14-9-5-6-10-14)13-11-18-17(19-12-13)21-15-7-3-1-2-4-8-15/h11-12,14-15H,1-10H2,(H,20,22)(H,18,19,21). The molecule has 1 amide bonds. The summed E-state index contributed by atoms with van der Waals surface area (Å²) in [6, 6.07) is 0.803. The van der Waals surface area contributed by atoms with E-state index in [9.17, 15) is 4.79 Å². The van der Waals surface area contributed by atoms with Crippen LogP contribution in [-0.2, 0) is 0 Å². The molecular formula is C17H26N4O. The largest absolute Gasteiger partial charge is 0.351 e. The molecule has 5 nitrogen and oxygen atoms in total. The molecule has 3 rings (SSSR count). The van der Waals surface area contributed by atoms with Crippen molar-refractivity contribution in [2.45, 2.75) is 76.3 Å². The molecule has 120 valence electrons. The highest BCUT2D eigenvalue weighted by Crippen LogP contribution is 2.20. The van der Waals surface area contributed by atoms with Crippen LogP contribution in [0.2, 0.25) is 0 Å². The number of amides is 1. The van der Waals surface area contributed by atoms with Crippen molar-refractivity contribution in [3.63, 3.8) is 0 Å². The van der Waals surface area contributed by atoms with E-state index in [0.717, 1.165) is 12.8 Å². The third kappa shape index (κ3) is 4.18. The average Bonchev–Trinajstić information content (AvgIpc) is 2.91. The van der Waals surface area contributed by atoms with E-state index in [1.165, 1.54) is 51.4 Å². The molecular weight excluding hydrogens is 276 g/mol. The van der Waals surface area contributed by atoms with Crippen LogP contribution in [0.3, 0.4) is 0 Å². The van der Waals surface area contributed by atoms with Crippen LogP contribution in [0.25, 0.3) is 0 Å². The van der Waals surface area contributed by atoms with Gasteiger partial charge in [0.15, 0.2) is 0 Å². The monoisotopic (exact) mass is 302 g/mol. The van der Waals surface area contributed by atoms with E-state index in [2.05, 4.69) is 20.6 Å². The highest BCUT2D eigenvalue weighted by atomic mass is 16.1. The topological polar surface area (TPSA) is 66.9 Å². The van der Waals surface area contributed by atoms with Gasteiger partial charge in [0, 0.05) is 24.5 Å². The van der Waals surface area contributed by atoms with Crippen LogP contribution < -0.4 is 10.6 Å². The minimum Gasteiger partial charge on any atom is -0.351 e. The van der Waals surface area contributed by atoms with Gasteiger partial charge < -0.3 is 10.6 Å². The van der Waals surface area contributed by atoms with E-state index in [1.807, 2.05) is 0 Å². The third-order valence-electron chi connectivity index (χ3n) is 4.79. The Hall–Kier alpha value is -1.65. The fourth-order valence-electron chi connectivity index (χ4n) is 3.46. The number of rotatable bonds is 4. The van der Waals surface area contributed by atoms with Gasteiger partial charge in [-0.25, -0.2) is 9.97 Å². The Kier molecular flexibility index (Phi) is 5.24. The van der Waals surface area contributed by atoms with E-state index in [4.69, 9.17) is 0 Å². The normalized spacial score (nSPS) is 20.5. The van der Waals surface area contributed by atoms with Gasteiger partial charge in [0.25, 0.3) is 5.91 Å². The van der Waals surface area contributed by atoms with Crippen molar-refractivity contribution < 1.29 is 4.79 Å². The molecule has 0 unspecified atom stereocenters. The van der Waals surface area contributed by atoms with Gasteiger partial charge in [-0.3, -0.25) is 4.79 Å². The molecule has 1 aromatic rings. The molecule has 5 heteroatoms. The molecule has 0 atom stereocenters. The number of nitrogens with one attached hydrogen (secondary N) is 2. The predicted molar refractivity (Wildman–Crippen MR) is 86.9 cm³/mol. The highest BCUT2D eigenvalue weighted by molar-refractivity contribution is 5.93. The van der Waals surface area contributed by atoms with Crippen LogP contribution in [-0.4, -0.2) is 28.0 Å². The molecule has 0 bridgehead atoms. The molecule has 22 heavy (non-hydrogen) atoms. The first-order valence-corrected chi connectivity index (χ1v) is 8.71. The number of hydrogen-bond acceptors (Lipinski definition) is 4. The zero-order valence-electron chi connectivity index (χ0n) is 13.2. The van der Waals surface area contributed by atoms with Gasteiger partial charge >= 0.3 is 0 Å². The van der Waals surface area contributed by atoms with Crippen molar-refractivity contribution in [2.24, 2.45) is 0 Å². The molecule has 0 spiro atoms. The van der Waals surface area contributed by atoms with Crippen molar-refractivity contribution in [1.82, 2.24) is 15.3 Å². The van der Waals surface area contributed by atoms with E-state index in [0.29, 0.717) is 23.6 Å². The van der Waals surface area contributed by atoms with E-state index >= 15 is 0 Å². The Morgan fingerprint density at radius 1 is 0.864 bits per heavy atom. The Bertz CT molecular complexity index is 474. The predicted octanol–water partition coefficient (Wildman–Crippen LogP) is 3.28. The maximum atomic E-state index is 12.1. The molecule has 0 saturated heterocycles. The van der Waals surface area contributed by atoms with Crippen LogP contribution >= 0.6 is 0 Å². The summed E-state index contributed by atoms with van der Waals surface area (Å²) in [5.41, 5.74) is 0.554. The Morgan fingerprint density at radius 3 is 2.05 bits per heavy atom. The van der Waals surface area contributed by atoms with Gasteiger partial charge in [-0.05, 0) is 25.7 Å². The van der Waals surface area contributed by atoms with Crippen molar-refractivity contribution in [1.29, 1.82) is 0 Å². The smallest absolute Gasteiger partial charge is 0.254 e. The maximum absolute atomic E-state index is 12.1. The second-order valence-electron chi connectivity index (χ2n) is 6.58. The third-order valence-corrected chi connectivity index (χ3v) is 4.79. The van der Waals surface area contributed by atoms with Crippen LogP contribution in [0.15, 0.2) is 12.4 Å². The Labute approximate surface area is 132 Å². The second-order valence-corrected chi connectivity index (χ2v) is 6.58. The van der Waals surface area contributed by atoms with E-state index in [-0.39, 0.29) is 5.91 Å². The summed E-state index contributed by atoms with van der Waals surface area (Å²) >= 11 is 0. The van der Waals surface area contributed by atoms with Crippen LogP contribution in [0.1, 0.15) is 74.6 Å². The van der Waals surface area contributed by atoms with Gasteiger partial charge in [-0.15, -0.1) is 0 Å². The summed E-state index contributed by atoms with van der Waals surface area (Å²) in [7, 11) is 0. The number of nitrogens with zero attached hydrogens (tertiary/aromatic N) is 2. The molecule has 2 saturated carbocycles. The number of aromatic nitrogens is 2. The number of anilines is 1. The molecule has 0 aromatic carbocycles. The van der Waals surface area contributed by atoms with Gasteiger partial charge in [0.1, 0.15) is 0 Å². The lowest BCUT2D eigenvalue weighted by Gasteiger charge is -2.16. The number of hydrogen-bond donors (Lipinski definition) is 2. The van der Waals surface area contributed by atoms with Gasteiger partial charge in [-0.2, -0.15) is 0 Å². The summed E-state index contributed by atoms with van der Waals surface area (Å²) in [5, 5.41) is 6.47. The van der Waals surface area contributed by atoms with Crippen LogP contribution in [0.4, 0.5) is 5.95 Å². The van der Waals surface area contributed by atoms with Crippen molar-refractivity contribution in [2.75, 3.05) is 5.32 Å². The fraction of sp³-hybridized carbons (Fsp3) is 0.706. The number of carbonyl (C=O) groups excluding carboxylic acids is 1. The average molecular weight is 302 g/mol. The van der Waals surface area contributed by atoms with Crippen molar-refractivity contribution in [3.05, 3.63) is 18.0 Å². The lowest BCUT2D eigenvalue weighted by Crippen LogP contribution is -2.32. The SMILES string of the molecule is O=C(NC1CCCC1)c1cnc(NC2CCCCCC2)nc1. The summed E-state index contributed by atoms with van der Waals surface area (Å²) in [6.07, 6.45) is 15.5. The molecule has 2 aliphatic carbocycles. The molecule has 2 aliphatic rings. The maximum Gasteiger partial charge on any atom is 0.254 e. The minimum absolute atomic E-state index is 0.0482. The molecule has 1 aromatic heterocycles. The first-order chi connectivity index (χ1) is 10.8. The second kappa shape index (κ2) is 7.56. The molecule has 0 aliphatic heterocycles. The van der Waals surface area contributed by atoms with Gasteiger partial charge in [0.2, 0.25) is 5.95 Å². The summed E-state index contributed by atoms with van der Waals surface area (Å²) < 4.78 is 0. The first kappa shape index (κ1) is 15.3. The van der Waals surface area contributed by atoms with E-state index in [1.54, 1.807) is 12.4 Å². The minimum atomic E-state index is -0.0482. The summed E-state index contributed by atoms with van der Waals surface area (Å²) in [4.78, 5) is 20.8. The molecule has 2 N–H and O–H groups in total.